The fraction of sp³-hybridized carbons (Fsp3) is 0.871. The summed E-state index contributed by atoms with van der Waals surface area (Å²) < 4.78 is 5.46. The first kappa shape index (κ1) is 66.1. The molecule has 0 aliphatic heterocycles. The molecule has 1 amide bonds. The Hall–Kier alpha value is -1.92. The lowest BCUT2D eigenvalue weighted by molar-refractivity contribution is -0.143. The quantitative estimate of drug-likeness (QED) is 0.0321. The van der Waals surface area contributed by atoms with Crippen LogP contribution in [0, 0.1) is 0 Å². The number of unbranched alkanes of at least 4 members (excludes halogenated alkanes) is 41. The molecule has 0 aromatic rings. The number of aliphatic hydroxyl groups excluding tert-OH is 2. The van der Waals surface area contributed by atoms with E-state index in [1.807, 2.05) is 6.08 Å². The molecule has 2 unspecified atom stereocenters. The van der Waals surface area contributed by atoms with Gasteiger partial charge in [-0.3, -0.25) is 9.59 Å². The number of aliphatic hydroxyl groups is 2. The van der Waals surface area contributed by atoms with Crippen LogP contribution in [0.15, 0.2) is 36.5 Å². The van der Waals surface area contributed by atoms with Gasteiger partial charge >= 0.3 is 5.97 Å². The molecule has 6 heteroatoms. The molecule has 0 heterocycles. The third-order valence-corrected chi connectivity index (χ3v) is 13.9. The van der Waals surface area contributed by atoms with E-state index in [1.165, 1.54) is 231 Å². The van der Waals surface area contributed by atoms with Crippen molar-refractivity contribution in [3.63, 3.8) is 0 Å². The summed E-state index contributed by atoms with van der Waals surface area (Å²) in [7, 11) is 0. The van der Waals surface area contributed by atoms with Crippen LogP contribution in [-0.4, -0.2) is 47.4 Å². The summed E-state index contributed by atoms with van der Waals surface area (Å²) in [4.78, 5) is 24.5. The highest BCUT2D eigenvalue weighted by molar-refractivity contribution is 5.76. The van der Waals surface area contributed by atoms with Crippen LogP contribution in [0.3, 0.4) is 0 Å². The SMILES string of the molecule is CCC/C=C\C/C=C\CCCCCCCC(=O)OCCCCCCCCCCCCCCCCCC(=O)NC(CO)C(O)/C=C/CCCCCCCCCCCCCCCCCCCCCCC. The van der Waals surface area contributed by atoms with Crippen LogP contribution in [-0.2, 0) is 14.3 Å². The third-order valence-electron chi connectivity index (χ3n) is 13.9. The molecular formula is C62H117NO5. The van der Waals surface area contributed by atoms with Crippen molar-refractivity contribution in [1.29, 1.82) is 0 Å². The van der Waals surface area contributed by atoms with Gasteiger partial charge in [-0.25, -0.2) is 0 Å². The average Bonchev–Trinajstić information content (AvgIpc) is 3.34. The molecule has 0 aliphatic rings. The number of ether oxygens (including phenoxy) is 1. The number of allylic oxidation sites excluding steroid dienone is 5. The van der Waals surface area contributed by atoms with Crippen LogP contribution < -0.4 is 5.32 Å². The summed E-state index contributed by atoms with van der Waals surface area (Å²) in [5, 5.41) is 23.2. The monoisotopic (exact) mass is 956 g/mol. The number of carbonyl (C=O) groups excluding carboxylic acids is 2. The fourth-order valence-corrected chi connectivity index (χ4v) is 9.26. The first-order chi connectivity index (χ1) is 33.5. The minimum absolute atomic E-state index is 0.0155. The lowest BCUT2D eigenvalue weighted by Gasteiger charge is -2.20. The highest BCUT2D eigenvalue weighted by atomic mass is 16.5. The minimum Gasteiger partial charge on any atom is -0.466 e. The molecular weight excluding hydrogens is 839 g/mol. The van der Waals surface area contributed by atoms with Crippen LogP contribution in [0.25, 0.3) is 0 Å². The van der Waals surface area contributed by atoms with Crippen molar-refractivity contribution in [2.45, 2.75) is 334 Å². The highest BCUT2D eigenvalue weighted by Gasteiger charge is 2.18. The zero-order chi connectivity index (χ0) is 49.3. The summed E-state index contributed by atoms with van der Waals surface area (Å²) in [6, 6.07) is -0.636. The Kier molecular flexibility index (Phi) is 56.0. The maximum atomic E-state index is 12.5. The smallest absolute Gasteiger partial charge is 0.305 e. The van der Waals surface area contributed by atoms with Gasteiger partial charge in [0.1, 0.15) is 0 Å². The number of esters is 1. The molecule has 0 spiro atoms. The Morgan fingerprint density at radius 1 is 0.412 bits per heavy atom. The maximum Gasteiger partial charge on any atom is 0.305 e. The standard InChI is InChI=1S/C62H117NO5/c1-3-5-7-9-11-13-15-17-18-19-20-21-22-23-24-25-27-31-34-38-42-46-50-54-60(65)59(58-64)63-61(66)55-51-47-43-39-35-32-28-26-29-33-37-41-45-49-53-57-68-62(67)56-52-48-44-40-36-30-16-14-12-10-8-6-4-2/h8,10,14,16,50,54,59-60,64-65H,3-7,9,11-13,15,17-49,51-53,55-58H2,1-2H3,(H,63,66)/b10-8-,16-14-,54-50+. The maximum absolute atomic E-state index is 12.5. The summed E-state index contributed by atoms with van der Waals surface area (Å²) in [6.07, 6.45) is 71.7. The molecule has 0 radical (unpaired) electrons. The van der Waals surface area contributed by atoms with Gasteiger partial charge in [0.25, 0.3) is 0 Å². The first-order valence-corrected chi connectivity index (χ1v) is 30.3. The van der Waals surface area contributed by atoms with Crippen molar-refractivity contribution >= 4 is 11.9 Å². The molecule has 400 valence electrons. The summed E-state index contributed by atoms with van der Waals surface area (Å²) in [5.74, 6) is -0.0900. The van der Waals surface area contributed by atoms with Crippen LogP contribution in [0.4, 0.5) is 0 Å². The van der Waals surface area contributed by atoms with Crippen molar-refractivity contribution in [2.24, 2.45) is 0 Å². The third kappa shape index (κ3) is 53.4. The predicted octanol–water partition coefficient (Wildman–Crippen LogP) is 18.8. The number of carbonyl (C=O) groups is 2. The molecule has 0 saturated carbocycles. The Balaban J connectivity index is 3.47. The van der Waals surface area contributed by atoms with Crippen molar-refractivity contribution in [3.05, 3.63) is 36.5 Å². The van der Waals surface area contributed by atoms with Crippen LogP contribution in [0.2, 0.25) is 0 Å². The van der Waals surface area contributed by atoms with E-state index in [-0.39, 0.29) is 18.5 Å². The van der Waals surface area contributed by atoms with E-state index in [0.29, 0.717) is 19.4 Å². The number of hydrogen-bond acceptors (Lipinski definition) is 5. The van der Waals surface area contributed by atoms with Gasteiger partial charge in [0, 0.05) is 12.8 Å². The molecule has 0 rings (SSSR count). The fourth-order valence-electron chi connectivity index (χ4n) is 9.26. The Morgan fingerprint density at radius 3 is 1.18 bits per heavy atom. The van der Waals surface area contributed by atoms with E-state index in [9.17, 15) is 19.8 Å². The zero-order valence-corrected chi connectivity index (χ0v) is 45.6. The topological polar surface area (TPSA) is 95.9 Å². The van der Waals surface area contributed by atoms with Crippen LogP contribution in [0.1, 0.15) is 322 Å². The molecule has 0 aliphatic carbocycles. The average molecular weight is 957 g/mol. The van der Waals surface area contributed by atoms with Gasteiger partial charge in [0.05, 0.1) is 25.4 Å². The lowest BCUT2D eigenvalue weighted by atomic mass is 10.0. The Labute approximate surface area is 424 Å². The van der Waals surface area contributed by atoms with Crippen LogP contribution in [0.5, 0.6) is 0 Å². The summed E-state index contributed by atoms with van der Waals surface area (Å²) in [5.41, 5.74) is 0. The highest BCUT2D eigenvalue weighted by Crippen LogP contribution is 2.17. The van der Waals surface area contributed by atoms with Gasteiger partial charge in [0.15, 0.2) is 0 Å². The number of nitrogens with one attached hydrogen (secondary N) is 1. The van der Waals surface area contributed by atoms with Gasteiger partial charge in [-0.1, -0.05) is 288 Å². The number of hydrogen-bond donors (Lipinski definition) is 3. The van der Waals surface area contributed by atoms with Crippen molar-refractivity contribution in [1.82, 2.24) is 5.32 Å². The van der Waals surface area contributed by atoms with Gasteiger partial charge in [-0.05, 0) is 57.8 Å². The molecule has 0 aromatic heterocycles. The van der Waals surface area contributed by atoms with Crippen molar-refractivity contribution in [3.8, 4) is 0 Å². The minimum atomic E-state index is -0.852. The van der Waals surface area contributed by atoms with E-state index in [0.717, 1.165) is 64.2 Å². The lowest BCUT2D eigenvalue weighted by Crippen LogP contribution is -2.45. The molecule has 0 bridgehead atoms. The van der Waals surface area contributed by atoms with Crippen LogP contribution >= 0.6 is 0 Å². The van der Waals surface area contributed by atoms with E-state index >= 15 is 0 Å². The normalized spacial score (nSPS) is 12.8. The summed E-state index contributed by atoms with van der Waals surface area (Å²) in [6.45, 7) is 4.83. The van der Waals surface area contributed by atoms with Gasteiger partial charge in [-0.2, -0.15) is 0 Å². The van der Waals surface area contributed by atoms with Crippen molar-refractivity contribution in [2.75, 3.05) is 13.2 Å². The second-order valence-corrected chi connectivity index (χ2v) is 20.7. The van der Waals surface area contributed by atoms with Gasteiger partial charge < -0.3 is 20.3 Å². The zero-order valence-electron chi connectivity index (χ0n) is 45.6. The second kappa shape index (κ2) is 57.7. The molecule has 0 saturated heterocycles. The Morgan fingerprint density at radius 2 is 0.765 bits per heavy atom. The molecule has 0 aromatic carbocycles. The molecule has 6 nitrogen and oxygen atoms in total. The van der Waals surface area contributed by atoms with Crippen molar-refractivity contribution < 1.29 is 24.5 Å². The number of amides is 1. The number of rotatable bonds is 56. The largest absolute Gasteiger partial charge is 0.466 e. The van der Waals surface area contributed by atoms with Gasteiger partial charge in [0.2, 0.25) is 5.91 Å². The van der Waals surface area contributed by atoms with E-state index < -0.39 is 12.1 Å². The van der Waals surface area contributed by atoms with E-state index in [1.54, 1.807) is 6.08 Å². The second-order valence-electron chi connectivity index (χ2n) is 20.7. The molecule has 0 fully saturated rings. The molecule has 2 atom stereocenters. The molecule has 3 N–H and O–H groups in total. The summed E-state index contributed by atoms with van der Waals surface area (Å²) >= 11 is 0. The molecule has 68 heavy (non-hydrogen) atoms. The van der Waals surface area contributed by atoms with E-state index in [2.05, 4.69) is 43.5 Å². The van der Waals surface area contributed by atoms with E-state index in [4.69, 9.17) is 4.74 Å². The van der Waals surface area contributed by atoms with Gasteiger partial charge in [-0.15, -0.1) is 0 Å². The first-order valence-electron chi connectivity index (χ1n) is 30.3. The predicted molar refractivity (Wildman–Crippen MR) is 296 cm³/mol. The Bertz CT molecular complexity index is 1100.